The van der Waals surface area contributed by atoms with Crippen LogP contribution >= 0.6 is 0 Å². The standard InChI is InChI=1S/C14H16F3N5O/c1-9(2)11(6-22-8-18-7-20-22)21-13(23)10-3-4-12(19-5-10)14(15,16)17/h3-5,7-9,11H,6H2,1-2H3,(H,21,23)/t11-/m0/s1. The molecule has 0 aliphatic rings. The van der Waals surface area contributed by atoms with Crippen molar-refractivity contribution in [2.75, 3.05) is 0 Å². The topological polar surface area (TPSA) is 72.7 Å². The number of nitrogens with one attached hydrogen (secondary N) is 1. The van der Waals surface area contributed by atoms with Gasteiger partial charge in [0.25, 0.3) is 5.91 Å². The second-order valence-corrected chi connectivity index (χ2v) is 5.37. The van der Waals surface area contributed by atoms with Gasteiger partial charge in [0.15, 0.2) is 0 Å². The van der Waals surface area contributed by atoms with E-state index in [0.717, 1.165) is 18.3 Å². The quantitative estimate of drug-likeness (QED) is 0.913. The molecule has 0 aliphatic heterocycles. The second kappa shape index (κ2) is 6.76. The van der Waals surface area contributed by atoms with Crippen LogP contribution in [0.4, 0.5) is 13.2 Å². The van der Waals surface area contributed by atoms with Gasteiger partial charge in [-0.3, -0.25) is 14.5 Å². The van der Waals surface area contributed by atoms with Crippen LogP contribution in [0.25, 0.3) is 0 Å². The molecule has 2 heterocycles. The SMILES string of the molecule is CC(C)[C@H](Cn1cncn1)NC(=O)c1ccc(C(F)(F)F)nc1. The van der Waals surface area contributed by atoms with Gasteiger partial charge in [-0.05, 0) is 18.1 Å². The molecule has 0 aliphatic carbocycles. The summed E-state index contributed by atoms with van der Waals surface area (Å²) in [7, 11) is 0. The first-order chi connectivity index (χ1) is 10.8. The average Bonchev–Trinajstić information content (AvgIpc) is 2.98. The van der Waals surface area contributed by atoms with Gasteiger partial charge in [-0.1, -0.05) is 13.8 Å². The van der Waals surface area contributed by atoms with Crippen LogP contribution in [0.15, 0.2) is 31.0 Å². The lowest BCUT2D eigenvalue weighted by Crippen LogP contribution is -2.41. The monoisotopic (exact) mass is 327 g/mol. The predicted octanol–water partition coefficient (Wildman–Crippen LogP) is 2.15. The van der Waals surface area contributed by atoms with Crippen molar-refractivity contribution in [3.05, 3.63) is 42.2 Å². The molecule has 0 bridgehead atoms. The van der Waals surface area contributed by atoms with E-state index in [1.54, 1.807) is 4.68 Å². The molecule has 2 aromatic rings. The minimum Gasteiger partial charge on any atom is -0.347 e. The second-order valence-electron chi connectivity index (χ2n) is 5.37. The van der Waals surface area contributed by atoms with Gasteiger partial charge in [0.05, 0.1) is 18.2 Å². The first kappa shape index (κ1) is 16.9. The molecule has 124 valence electrons. The largest absolute Gasteiger partial charge is 0.433 e. The highest BCUT2D eigenvalue weighted by Crippen LogP contribution is 2.27. The average molecular weight is 327 g/mol. The molecule has 0 fully saturated rings. The maximum absolute atomic E-state index is 12.5. The number of rotatable bonds is 5. The van der Waals surface area contributed by atoms with E-state index < -0.39 is 17.8 Å². The number of alkyl halides is 3. The fourth-order valence-electron chi connectivity index (χ4n) is 1.90. The third-order valence-corrected chi connectivity index (χ3v) is 3.29. The number of aromatic nitrogens is 4. The zero-order valence-electron chi connectivity index (χ0n) is 12.6. The van der Waals surface area contributed by atoms with Gasteiger partial charge in [-0.2, -0.15) is 18.3 Å². The van der Waals surface area contributed by atoms with Crippen molar-refractivity contribution in [1.29, 1.82) is 0 Å². The van der Waals surface area contributed by atoms with Gasteiger partial charge in [0, 0.05) is 6.20 Å². The van der Waals surface area contributed by atoms with Crippen LogP contribution in [0, 0.1) is 5.92 Å². The first-order valence-electron chi connectivity index (χ1n) is 6.94. The van der Waals surface area contributed by atoms with Crippen molar-refractivity contribution in [3.8, 4) is 0 Å². The third kappa shape index (κ3) is 4.51. The molecular weight excluding hydrogens is 311 g/mol. The highest BCUT2D eigenvalue weighted by atomic mass is 19.4. The highest BCUT2D eigenvalue weighted by Gasteiger charge is 2.32. The van der Waals surface area contributed by atoms with Crippen molar-refractivity contribution in [1.82, 2.24) is 25.1 Å². The number of amides is 1. The van der Waals surface area contributed by atoms with Gasteiger partial charge in [0.2, 0.25) is 0 Å². The molecule has 9 heteroatoms. The number of carbonyl (C=O) groups excluding carboxylic acids is 1. The van der Waals surface area contributed by atoms with Crippen LogP contribution in [-0.4, -0.2) is 31.7 Å². The Bertz CT molecular complexity index is 637. The van der Waals surface area contributed by atoms with Crippen LogP contribution in [0.2, 0.25) is 0 Å². The summed E-state index contributed by atoms with van der Waals surface area (Å²) >= 11 is 0. The van der Waals surface area contributed by atoms with E-state index >= 15 is 0 Å². The Hall–Kier alpha value is -2.45. The van der Waals surface area contributed by atoms with Crippen LogP contribution in [0.3, 0.4) is 0 Å². The van der Waals surface area contributed by atoms with Gasteiger partial charge in [-0.25, -0.2) is 4.98 Å². The summed E-state index contributed by atoms with van der Waals surface area (Å²) in [6.07, 6.45) is -0.687. The Morgan fingerprint density at radius 1 is 1.35 bits per heavy atom. The number of pyridine rings is 1. The molecule has 0 unspecified atom stereocenters. The molecule has 1 N–H and O–H groups in total. The van der Waals surface area contributed by atoms with Crippen molar-refractivity contribution in [2.24, 2.45) is 5.92 Å². The van der Waals surface area contributed by atoms with Crippen molar-refractivity contribution in [2.45, 2.75) is 32.6 Å². The molecular formula is C14H16F3N5O. The zero-order valence-corrected chi connectivity index (χ0v) is 12.6. The molecule has 2 rings (SSSR count). The molecule has 0 spiro atoms. The van der Waals surface area contributed by atoms with E-state index in [-0.39, 0.29) is 17.5 Å². The third-order valence-electron chi connectivity index (χ3n) is 3.29. The van der Waals surface area contributed by atoms with E-state index in [0.29, 0.717) is 6.54 Å². The van der Waals surface area contributed by atoms with E-state index in [4.69, 9.17) is 0 Å². The van der Waals surface area contributed by atoms with Gasteiger partial charge in [-0.15, -0.1) is 0 Å². The van der Waals surface area contributed by atoms with Crippen molar-refractivity contribution < 1.29 is 18.0 Å². The maximum atomic E-state index is 12.5. The minimum atomic E-state index is -4.53. The Morgan fingerprint density at radius 2 is 2.09 bits per heavy atom. The van der Waals surface area contributed by atoms with E-state index in [1.165, 1.54) is 12.7 Å². The maximum Gasteiger partial charge on any atom is 0.433 e. The number of carbonyl (C=O) groups is 1. The number of nitrogens with zero attached hydrogens (tertiary/aromatic N) is 4. The Balaban J connectivity index is 2.06. The minimum absolute atomic E-state index is 0.0715. The fourth-order valence-corrected chi connectivity index (χ4v) is 1.90. The van der Waals surface area contributed by atoms with E-state index in [1.807, 2.05) is 13.8 Å². The lowest BCUT2D eigenvalue weighted by atomic mass is 10.0. The molecule has 0 saturated carbocycles. The summed E-state index contributed by atoms with van der Waals surface area (Å²) in [4.78, 5) is 19.3. The molecule has 2 aromatic heterocycles. The van der Waals surface area contributed by atoms with Crippen LogP contribution in [-0.2, 0) is 12.7 Å². The summed E-state index contributed by atoms with van der Waals surface area (Å²) in [6.45, 7) is 4.26. The number of hydrogen-bond donors (Lipinski definition) is 1. The highest BCUT2D eigenvalue weighted by molar-refractivity contribution is 5.94. The van der Waals surface area contributed by atoms with Crippen LogP contribution in [0.1, 0.15) is 29.9 Å². The molecule has 1 atom stereocenters. The Morgan fingerprint density at radius 3 is 2.57 bits per heavy atom. The summed E-state index contributed by atoms with van der Waals surface area (Å²) in [5.41, 5.74) is -0.959. The van der Waals surface area contributed by atoms with Gasteiger partial charge >= 0.3 is 6.18 Å². The van der Waals surface area contributed by atoms with Crippen molar-refractivity contribution >= 4 is 5.91 Å². The van der Waals surface area contributed by atoms with Crippen LogP contribution in [0.5, 0.6) is 0 Å². The molecule has 0 radical (unpaired) electrons. The molecule has 0 saturated heterocycles. The van der Waals surface area contributed by atoms with Gasteiger partial charge < -0.3 is 5.32 Å². The molecule has 1 amide bonds. The smallest absolute Gasteiger partial charge is 0.347 e. The normalized spacial score (nSPS) is 13.1. The summed E-state index contributed by atoms with van der Waals surface area (Å²) < 4.78 is 39.0. The summed E-state index contributed by atoms with van der Waals surface area (Å²) in [6, 6.07) is 1.65. The molecule has 0 aromatic carbocycles. The van der Waals surface area contributed by atoms with E-state index in [2.05, 4.69) is 20.4 Å². The van der Waals surface area contributed by atoms with Crippen LogP contribution < -0.4 is 5.32 Å². The number of hydrogen-bond acceptors (Lipinski definition) is 4. The first-order valence-corrected chi connectivity index (χ1v) is 6.94. The Kier molecular flexibility index (Phi) is 4.97. The number of halogens is 3. The predicted molar refractivity (Wildman–Crippen MR) is 75.4 cm³/mol. The summed E-state index contributed by atoms with van der Waals surface area (Å²) in [5, 5.41) is 6.75. The Labute approximate surface area is 130 Å². The van der Waals surface area contributed by atoms with Crippen molar-refractivity contribution in [3.63, 3.8) is 0 Å². The van der Waals surface area contributed by atoms with Gasteiger partial charge in [0.1, 0.15) is 18.3 Å². The lowest BCUT2D eigenvalue weighted by molar-refractivity contribution is -0.141. The molecule has 6 nitrogen and oxygen atoms in total. The van der Waals surface area contributed by atoms with E-state index in [9.17, 15) is 18.0 Å². The lowest BCUT2D eigenvalue weighted by Gasteiger charge is -2.22. The fraction of sp³-hybridized carbons (Fsp3) is 0.429. The zero-order chi connectivity index (χ0) is 17.0. The molecule has 23 heavy (non-hydrogen) atoms. The summed E-state index contributed by atoms with van der Waals surface area (Å²) in [5.74, 6) is -0.379.